The van der Waals surface area contributed by atoms with Crippen LogP contribution in [-0.4, -0.2) is 15.6 Å². The van der Waals surface area contributed by atoms with Crippen LogP contribution in [0.3, 0.4) is 0 Å². The van der Waals surface area contributed by atoms with E-state index in [0.29, 0.717) is 16.8 Å². The maximum atomic E-state index is 12.1. The Morgan fingerprint density at radius 2 is 1.95 bits per heavy atom. The van der Waals surface area contributed by atoms with Gasteiger partial charge in [0.15, 0.2) is 0 Å². The normalized spacial score (nSPS) is 10.3. The lowest BCUT2D eigenvalue weighted by Crippen LogP contribution is -2.22. The zero-order valence-electron chi connectivity index (χ0n) is 11.2. The number of halogens is 1. The molecule has 0 fully saturated rings. The molecule has 5 nitrogen and oxygen atoms in total. The van der Waals surface area contributed by atoms with Crippen molar-refractivity contribution in [3.05, 3.63) is 63.0 Å². The molecule has 0 saturated heterocycles. The lowest BCUT2D eigenvalue weighted by Gasteiger charge is -2.10. The summed E-state index contributed by atoms with van der Waals surface area (Å²) in [5.74, 6) is -0.502. The summed E-state index contributed by atoms with van der Waals surface area (Å²) in [6.45, 7) is 0.490. The molecule has 0 unspecified atom stereocenters. The molecule has 0 aliphatic rings. The highest BCUT2D eigenvalue weighted by molar-refractivity contribution is 9.10. The molecule has 0 aliphatic heterocycles. The third-order valence-corrected chi connectivity index (χ3v) is 3.60. The average Bonchev–Trinajstić information content (AvgIpc) is 2.48. The van der Waals surface area contributed by atoms with E-state index >= 15 is 0 Å². The minimum absolute atomic E-state index is 0.101. The van der Waals surface area contributed by atoms with Crippen molar-refractivity contribution in [2.45, 2.75) is 19.6 Å². The molecule has 0 aliphatic carbocycles. The Bertz CT molecular complexity index is 682. The second-order valence-electron chi connectivity index (χ2n) is 4.41. The quantitative estimate of drug-likeness (QED) is 0.868. The lowest BCUT2D eigenvalue weighted by atomic mass is 10.2. The van der Waals surface area contributed by atoms with Gasteiger partial charge in [-0.3, -0.25) is 9.59 Å². The van der Waals surface area contributed by atoms with E-state index in [-0.39, 0.29) is 18.5 Å². The number of carboxylic acid groups (broad SMARTS) is 1. The fraction of sp³-hybridized carbons (Fsp3) is 0.200. The van der Waals surface area contributed by atoms with Crippen LogP contribution in [0.25, 0.3) is 0 Å². The number of hydrogen-bond acceptors (Lipinski definition) is 3. The first kappa shape index (κ1) is 15.3. The fourth-order valence-corrected chi connectivity index (χ4v) is 2.24. The highest BCUT2D eigenvalue weighted by Gasteiger charge is 2.09. The number of hydrogen-bond donors (Lipinski definition) is 1. The van der Waals surface area contributed by atoms with E-state index in [4.69, 9.17) is 9.84 Å². The lowest BCUT2D eigenvalue weighted by molar-refractivity contribution is -0.137. The highest BCUT2D eigenvalue weighted by Crippen LogP contribution is 2.21. The van der Waals surface area contributed by atoms with Gasteiger partial charge in [0.05, 0.1) is 6.42 Å². The number of aryl methyl sites for hydroxylation is 1. The Labute approximate surface area is 129 Å². The molecule has 21 heavy (non-hydrogen) atoms. The second kappa shape index (κ2) is 7.08. The van der Waals surface area contributed by atoms with Crippen LogP contribution in [0, 0.1) is 0 Å². The van der Waals surface area contributed by atoms with Crippen molar-refractivity contribution in [3.63, 3.8) is 0 Å². The van der Waals surface area contributed by atoms with Gasteiger partial charge in [0, 0.05) is 12.7 Å². The van der Waals surface area contributed by atoms with Crippen molar-refractivity contribution in [1.82, 2.24) is 4.57 Å². The summed E-state index contributed by atoms with van der Waals surface area (Å²) >= 11 is 3.21. The molecule has 2 rings (SSSR count). The molecule has 0 spiro atoms. The first-order chi connectivity index (χ1) is 10.1. The molecule has 1 N–H and O–H groups in total. The maximum absolute atomic E-state index is 12.1. The number of nitrogens with zero attached hydrogens (tertiary/aromatic N) is 1. The number of aromatic nitrogens is 1. The minimum Gasteiger partial charge on any atom is -0.487 e. The molecule has 0 bridgehead atoms. The van der Waals surface area contributed by atoms with Gasteiger partial charge in [0.2, 0.25) is 0 Å². The van der Waals surface area contributed by atoms with E-state index in [1.165, 1.54) is 10.8 Å². The van der Waals surface area contributed by atoms with Crippen LogP contribution >= 0.6 is 15.9 Å². The van der Waals surface area contributed by atoms with Crippen LogP contribution in [0.4, 0.5) is 0 Å². The predicted molar refractivity (Wildman–Crippen MR) is 81.4 cm³/mol. The van der Waals surface area contributed by atoms with Crippen molar-refractivity contribution >= 4 is 21.9 Å². The summed E-state index contributed by atoms with van der Waals surface area (Å²) in [6.07, 6.45) is 1.44. The van der Waals surface area contributed by atoms with Gasteiger partial charge in [-0.25, -0.2) is 0 Å². The molecule has 1 heterocycles. The summed E-state index contributed by atoms with van der Waals surface area (Å²) in [4.78, 5) is 22.6. The Morgan fingerprint density at radius 1 is 1.24 bits per heavy atom. The summed E-state index contributed by atoms with van der Waals surface area (Å²) in [5, 5.41) is 8.65. The van der Waals surface area contributed by atoms with Gasteiger partial charge in [-0.1, -0.05) is 30.3 Å². The number of benzene rings is 1. The number of pyridine rings is 1. The van der Waals surface area contributed by atoms with Gasteiger partial charge in [0.1, 0.15) is 16.8 Å². The molecule has 6 heteroatoms. The highest BCUT2D eigenvalue weighted by atomic mass is 79.9. The van der Waals surface area contributed by atoms with Gasteiger partial charge in [-0.15, -0.1) is 0 Å². The molecule has 0 amide bonds. The van der Waals surface area contributed by atoms with Crippen molar-refractivity contribution < 1.29 is 14.6 Å². The summed E-state index contributed by atoms with van der Waals surface area (Å²) < 4.78 is 7.25. The molecule has 0 atom stereocenters. The van der Waals surface area contributed by atoms with Gasteiger partial charge >= 0.3 is 5.97 Å². The summed E-state index contributed by atoms with van der Waals surface area (Å²) in [5.41, 5.74) is 0.696. The Kier molecular flexibility index (Phi) is 5.16. The zero-order valence-corrected chi connectivity index (χ0v) is 12.7. The topological polar surface area (TPSA) is 68.5 Å². The van der Waals surface area contributed by atoms with E-state index in [2.05, 4.69) is 15.9 Å². The Morgan fingerprint density at radius 3 is 2.62 bits per heavy atom. The Hall–Kier alpha value is -2.08. The van der Waals surface area contributed by atoms with Crippen LogP contribution in [0.1, 0.15) is 12.0 Å². The fourth-order valence-electron chi connectivity index (χ4n) is 1.77. The molecular weight excluding hydrogens is 338 g/mol. The van der Waals surface area contributed by atoms with Crippen molar-refractivity contribution in [3.8, 4) is 5.75 Å². The number of carbonyl (C=O) groups is 1. The first-order valence-corrected chi connectivity index (χ1v) is 7.14. The van der Waals surface area contributed by atoms with Crippen molar-refractivity contribution in [2.24, 2.45) is 0 Å². The van der Waals surface area contributed by atoms with E-state index in [0.717, 1.165) is 5.56 Å². The third-order valence-electron chi connectivity index (χ3n) is 2.87. The molecular formula is C15H14BrNO4. The number of rotatable bonds is 6. The third kappa shape index (κ3) is 4.19. The zero-order chi connectivity index (χ0) is 15.2. The number of ether oxygens (including phenoxy) is 1. The SMILES string of the molecule is O=C(O)CCn1ccc(OCc2ccccc2)c(Br)c1=O. The standard InChI is InChI=1S/C15H14BrNO4/c16-14-12(21-10-11-4-2-1-3-5-11)6-8-17(15(14)20)9-7-13(18)19/h1-6,8H,7,9-10H2,(H,18,19). The van der Waals surface area contributed by atoms with E-state index in [9.17, 15) is 9.59 Å². The van der Waals surface area contributed by atoms with Crippen LogP contribution in [0.5, 0.6) is 5.75 Å². The molecule has 0 radical (unpaired) electrons. The van der Waals surface area contributed by atoms with Crippen LogP contribution in [-0.2, 0) is 17.9 Å². The number of carboxylic acids is 1. The van der Waals surface area contributed by atoms with E-state index in [1.807, 2.05) is 30.3 Å². The van der Waals surface area contributed by atoms with Gasteiger partial charge in [-0.2, -0.15) is 0 Å². The maximum Gasteiger partial charge on any atom is 0.305 e. The van der Waals surface area contributed by atoms with Gasteiger partial charge in [-0.05, 0) is 27.6 Å². The monoisotopic (exact) mass is 351 g/mol. The van der Waals surface area contributed by atoms with E-state index in [1.54, 1.807) is 6.07 Å². The Balaban J connectivity index is 2.09. The largest absolute Gasteiger partial charge is 0.487 e. The summed E-state index contributed by atoms with van der Waals surface area (Å²) in [6, 6.07) is 11.3. The smallest absolute Gasteiger partial charge is 0.305 e. The minimum atomic E-state index is -0.942. The van der Waals surface area contributed by atoms with Gasteiger partial charge < -0.3 is 14.4 Å². The van der Waals surface area contributed by atoms with Crippen molar-refractivity contribution in [1.29, 1.82) is 0 Å². The van der Waals surface area contributed by atoms with Crippen LogP contribution in [0.15, 0.2) is 51.9 Å². The molecule has 110 valence electrons. The molecule has 1 aromatic carbocycles. The van der Waals surface area contributed by atoms with Crippen LogP contribution < -0.4 is 10.3 Å². The molecule has 1 aromatic heterocycles. The molecule has 0 saturated carbocycles. The molecule has 2 aromatic rings. The predicted octanol–water partition coefficient (Wildman–Crippen LogP) is 2.66. The van der Waals surface area contributed by atoms with Crippen LogP contribution in [0.2, 0.25) is 0 Å². The number of aliphatic carboxylic acids is 1. The first-order valence-electron chi connectivity index (χ1n) is 6.35. The second-order valence-corrected chi connectivity index (χ2v) is 5.20. The van der Waals surface area contributed by atoms with E-state index < -0.39 is 5.97 Å². The van der Waals surface area contributed by atoms with Crippen molar-refractivity contribution in [2.75, 3.05) is 0 Å². The van der Waals surface area contributed by atoms with Gasteiger partial charge in [0.25, 0.3) is 5.56 Å². The average molecular weight is 352 g/mol. The summed E-state index contributed by atoms with van der Waals surface area (Å²) in [7, 11) is 0.